The monoisotopic (exact) mass is 355 g/mol. The molecule has 4 amide bonds. The molecule has 2 atom stereocenters. The molecule has 0 saturated heterocycles. The first-order valence-corrected chi connectivity index (χ1v) is 8.06. The molecule has 0 aromatic carbocycles. The summed E-state index contributed by atoms with van der Waals surface area (Å²) in [5.74, 6) is -0.604. The number of nitrogens with two attached hydrogens (primary N) is 1. The molecule has 0 bridgehead atoms. The number of amides is 4. The Kier molecular flexibility index (Phi) is 5.93. The fourth-order valence-electron chi connectivity index (χ4n) is 2.82. The number of allylic oxidation sites excluding steroid dienone is 1. The van der Waals surface area contributed by atoms with E-state index in [1.807, 2.05) is 25.8 Å². The van der Waals surface area contributed by atoms with Gasteiger partial charge in [0.1, 0.15) is 11.0 Å². The summed E-state index contributed by atoms with van der Waals surface area (Å²) in [6.45, 7) is 10.6. The highest BCUT2D eigenvalue weighted by Crippen LogP contribution is 2.35. The van der Waals surface area contributed by atoms with E-state index in [-0.39, 0.29) is 12.7 Å². The second-order valence-electron chi connectivity index (χ2n) is 7.41. The minimum atomic E-state index is -1.22. The van der Waals surface area contributed by atoms with Gasteiger partial charge in [-0.2, -0.15) is 0 Å². The van der Waals surface area contributed by atoms with Gasteiger partial charge in [0.15, 0.2) is 0 Å². The van der Waals surface area contributed by atoms with Crippen LogP contribution in [-0.2, 0) is 9.53 Å². The Morgan fingerprint density at radius 1 is 1.28 bits per heavy atom. The first kappa shape index (κ1) is 20.6. The molecule has 1 aliphatic heterocycles. The average Bonchev–Trinajstić information content (AvgIpc) is 2.67. The van der Waals surface area contributed by atoms with Gasteiger partial charge in [-0.1, -0.05) is 0 Å². The van der Waals surface area contributed by atoms with Crippen LogP contribution in [0.5, 0.6) is 0 Å². The third-order valence-corrected chi connectivity index (χ3v) is 3.96. The van der Waals surface area contributed by atoms with Crippen molar-refractivity contribution >= 4 is 18.0 Å². The van der Waals surface area contributed by atoms with Crippen LogP contribution in [-0.4, -0.2) is 48.3 Å². The van der Waals surface area contributed by atoms with Crippen molar-refractivity contribution in [1.29, 1.82) is 0 Å². The number of primary amides is 1. The number of urea groups is 1. The Balaban J connectivity index is 3.09. The molecule has 0 spiro atoms. The molecule has 0 aromatic rings. The predicted octanol–water partition coefficient (Wildman–Crippen LogP) is 0.825. The van der Waals surface area contributed by atoms with E-state index < -0.39 is 29.0 Å². The summed E-state index contributed by atoms with van der Waals surface area (Å²) in [6.07, 6.45) is -0.678. The number of carbonyl (C=O) groups excluding carboxylic acids is 3. The fraction of sp³-hybridized carbons (Fsp3) is 0.688. The van der Waals surface area contributed by atoms with E-state index in [0.717, 1.165) is 5.70 Å². The molecule has 0 aliphatic carbocycles. The van der Waals surface area contributed by atoms with Gasteiger partial charge in [0, 0.05) is 19.3 Å². The zero-order valence-corrected chi connectivity index (χ0v) is 15.9. The van der Waals surface area contributed by atoms with Gasteiger partial charge in [-0.25, -0.2) is 9.59 Å². The van der Waals surface area contributed by atoms with Gasteiger partial charge in [0.05, 0.1) is 11.9 Å². The van der Waals surface area contributed by atoms with Gasteiger partial charge in [-0.15, -0.1) is 0 Å². The largest absolute Gasteiger partial charge is 0.444 e. The molecule has 2 unspecified atom stereocenters. The van der Waals surface area contributed by atoms with Crippen LogP contribution in [0.1, 0.15) is 41.5 Å². The molecule has 0 saturated carbocycles. The molecule has 1 heterocycles. The zero-order valence-electron chi connectivity index (χ0n) is 15.9. The van der Waals surface area contributed by atoms with E-state index in [2.05, 4.69) is 16.0 Å². The molecule has 5 N–H and O–H groups in total. The highest BCUT2D eigenvalue weighted by molar-refractivity contribution is 5.98. The molecule has 1 aliphatic rings. The lowest BCUT2D eigenvalue weighted by Crippen LogP contribution is -2.53. The van der Waals surface area contributed by atoms with Gasteiger partial charge < -0.3 is 26.0 Å². The van der Waals surface area contributed by atoms with Gasteiger partial charge in [-0.05, 0) is 41.5 Å². The van der Waals surface area contributed by atoms with Crippen molar-refractivity contribution in [2.45, 2.75) is 53.3 Å². The summed E-state index contributed by atoms with van der Waals surface area (Å²) in [5, 5.41) is 7.93. The minimum absolute atomic E-state index is 0.0303. The molecule has 142 valence electrons. The van der Waals surface area contributed by atoms with Crippen molar-refractivity contribution in [2.24, 2.45) is 11.1 Å². The normalized spacial score (nSPS) is 19.8. The average molecular weight is 355 g/mol. The Bertz CT molecular complexity index is 596. The number of nitrogens with one attached hydrogen (secondary N) is 3. The molecule has 1 rings (SSSR count). The summed E-state index contributed by atoms with van der Waals surface area (Å²) in [5.41, 5.74) is 4.66. The number of hydrogen-bond acceptors (Lipinski definition) is 6. The van der Waals surface area contributed by atoms with Gasteiger partial charge in [-0.3, -0.25) is 10.1 Å². The number of ether oxygens (including phenoxy) is 1. The van der Waals surface area contributed by atoms with Gasteiger partial charge in [0.25, 0.3) is 0 Å². The number of nitrogens with zero attached hydrogens (tertiary/aromatic N) is 1. The van der Waals surface area contributed by atoms with Crippen molar-refractivity contribution in [3.8, 4) is 0 Å². The first-order valence-electron chi connectivity index (χ1n) is 8.06. The Hall–Kier alpha value is -2.45. The van der Waals surface area contributed by atoms with E-state index >= 15 is 0 Å². The zero-order chi connectivity index (χ0) is 19.6. The lowest BCUT2D eigenvalue weighted by Gasteiger charge is -2.35. The third kappa shape index (κ3) is 5.01. The number of carbonyl (C=O) groups is 3. The fourth-order valence-corrected chi connectivity index (χ4v) is 2.82. The summed E-state index contributed by atoms with van der Waals surface area (Å²) in [7, 11) is 1.83. The molecule has 0 radical (unpaired) electrons. The molecular formula is C16H29N5O4. The van der Waals surface area contributed by atoms with E-state index in [0.29, 0.717) is 5.70 Å². The third-order valence-electron chi connectivity index (χ3n) is 3.96. The van der Waals surface area contributed by atoms with Crippen molar-refractivity contribution in [3.63, 3.8) is 0 Å². The first-order chi connectivity index (χ1) is 11.3. The molecule has 0 aromatic heterocycles. The lowest BCUT2D eigenvalue weighted by atomic mass is 9.83. The number of hydrogen-bond donors (Lipinski definition) is 4. The lowest BCUT2D eigenvalue weighted by molar-refractivity contribution is -0.127. The maximum Gasteiger partial charge on any atom is 0.407 e. The van der Waals surface area contributed by atoms with Crippen LogP contribution in [0.25, 0.3) is 0 Å². The SMILES string of the molecule is CC1=C(C(C)(CNC(=O)OC(C)(C)C)C(=O)NC(N)=O)N(C)C(C)N1. The summed E-state index contributed by atoms with van der Waals surface area (Å²) < 4.78 is 5.21. The number of imide groups is 1. The Labute approximate surface area is 148 Å². The quantitative estimate of drug-likeness (QED) is 0.592. The van der Waals surface area contributed by atoms with E-state index in [1.54, 1.807) is 27.7 Å². The molecule has 0 fully saturated rings. The van der Waals surface area contributed by atoms with Crippen molar-refractivity contribution in [1.82, 2.24) is 20.9 Å². The van der Waals surface area contributed by atoms with Gasteiger partial charge in [0.2, 0.25) is 5.91 Å². The number of rotatable bonds is 4. The Morgan fingerprint density at radius 3 is 2.24 bits per heavy atom. The highest BCUT2D eigenvalue weighted by atomic mass is 16.6. The topological polar surface area (TPSA) is 126 Å². The van der Waals surface area contributed by atoms with Crippen LogP contribution < -0.4 is 21.7 Å². The maximum absolute atomic E-state index is 12.7. The van der Waals surface area contributed by atoms with Crippen molar-refractivity contribution in [2.75, 3.05) is 13.6 Å². The summed E-state index contributed by atoms with van der Waals surface area (Å²) in [4.78, 5) is 37.7. The smallest absolute Gasteiger partial charge is 0.407 e. The molecule has 9 heteroatoms. The van der Waals surface area contributed by atoms with Crippen LogP contribution in [0.4, 0.5) is 9.59 Å². The second kappa shape index (κ2) is 7.20. The van der Waals surface area contributed by atoms with Crippen LogP contribution in [0.2, 0.25) is 0 Å². The summed E-state index contributed by atoms with van der Waals surface area (Å²) >= 11 is 0. The van der Waals surface area contributed by atoms with E-state index in [4.69, 9.17) is 10.5 Å². The van der Waals surface area contributed by atoms with Gasteiger partial charge >= 0.3 is 12.1 Å². The minimum Gasteiger partial charge on any atom is -0.444 e. The molecule has 25 heavy (non-hydrogen) atoms. The summed E-state index contributed by atoms with van der Waals surface area (Å²) in [6, 6.07) is -0.951. The molecule has 9 nitrogen and oxygen atoms in total. The predicted molar refractivity (Wildman–Crippen MR) is 93.1 cm³/mol. The van der Waals surface area contributed by atoms with Crippen LogP contribution in [0, 0.1) is 5.41 Å². The maximum atomic E-state index is 12.7. The van der Waals surface area contributed by atoms with Crippen LogP contribution >= 0.6 is 0 Å². The van der Waals surface area contributed by atoms with Crippen LogP contribution in [0.3, 0.4) is 0 Å². The Morgan fingerprint density at radius 2 is 1.84 bits per heavy atom. The van der Waals surface area contributed by atoms with Crippen molar-refractivity contribution in [3.05, 3.63) is 11.4 Å². The molecular weight excluding hydrogens is 326 g/mol. The highest BCUT2D eigenvalue weighted by Gasteiger charge is 2.44. The second-order valence-corrected chi connectivity index (χ2v) is 7.41. The van der Waals surface area contributed by atoms with E-state index in [1.165, 1.54) is 0 Å². The standard InChI is InChI=1S/C16H29N5O4/c1-9-11(21(7)10(2)19-9)16(6,12(22)20-13(17)23)8-18-14(24)25-15(3,4)5/h10,19H,8H2,1-7H3,(H,18,24)(H3,17,20,22,23). The van der Waals surface area contributed by atoms with Crippen molar-refractivity contribution < 1.29 is 19.1 Å². The number of alkyl carbamates (subject to hydrolysis) is 1. The van der Waals surface area contributed by atoms with E-state index in [9.17, 15) is 14.4 Å². The van der Waals surface area contributed by atoms with Crippen LogP contribution in [0.15, 0.2) is 11.4 Å².